The topological polar surface area (TPSA) is 33.5 Å². The van der Waals surface area contributed by atoms with Gasteiger partial charge in [-0.05, 0) is 24.6 Å². The zero-order valence-corrected chi connectivity index (χ0v) is 14.9. The fourth-order valence-electron chi connectivity index (χ4n) is 2.31. The van der Waals surface area contributed by atoms with E-state index in [1.165, 1.54) is 21.6 Å². The summed E-state index contributed by atoms with van der Waals surface area (Å²) in [6, 6.07) is 16.6. The van der Waals surface area contributed by atoms with Gasteiger partial charge in [0.15, 0.2) is 0 Å². The Morgan fingerprint density at radius 2 is 1.70 bits per heavy atom. The van der Waals surface area contributed by atoms with Gasteiger partial charge in [-0.2, -0.15) is 0 Å². The molecule has 0 atom stereocenters. The third-order valence-corrected chi connectivity index (χ3v) is 4.54. The van der Waals surface area contributed by atoms with Crippen molar-refractivity contribution in [3.63, 3.8) is 0 Å². The number of hydrogen-bond acceptors (Lipinski definition) is 2. The molecule has 4 heteroatoms. The minimum Gasteiger partial charge on any atom is -0.351 e. The highest BCUT2D eigenvalue weighted by molar-refractivity contribution is 8.00. The first-order valence-electron chi connectivity index (χ1n) is 7.86. The number of quaternary nitrogens is 1. The van der Waals surface area contributed by atoms with E-state index < -0.39 is 0 Å². The lowest BCUT2D eigenvalue weighted by Gasteiger charge is -2.13. The zero-order valence-electron chi connectivity index (χ0n) is 14.1. The summed E-state index contributed by atoms with van der Waals surface area (Å²) < 4.78 is 0. The Bertz CT molecular complexity index is 638. The van der Waals surface area contributed by atoms with E-state index in [4.69, 9.17) is 0 Å². The molecule has 0 fully saturated rings. The van der Waals surface area contributed by atoms with Crippen LogP contribution in [0.5, 0.6) is 0 Å². The molecule has 2 aromatic rings. The first-order valence-corrected chi connectivity index (χ1v) is 8.85. The van der Waals surface area contributed by atoms with E-state index in [0.29, 0.717) is 12.3 Å². The normalized spacial score (nSPS) is 10.8. The van der Waals surface area contributed by atoms with E-state index >= 15 is 0 Å². The van der Waals surface area contributed by atoms with E-state index in [1.54, 1.807) is 11.8 Å². The molecule has 0 aliphatic rings. The van der Waals surface area contributed by atoms with E-state index in [0.717, 1.165) is 11.4 Å². The third-order valence-electron chi connectivity index (χ3n) is 3.53. The Kier molecular flexibility index (Phi) is 6.68. The van der Waals surface area contributed by atoms with Crippen LogP contribution in [0, 0.1) is 6.92 Å². The SMILES string of the molecule is Cc1ccc(SCC(=O)NCc2ccccc2C[NH+](C)C)cc1. The van der Waals surface area contributed by atoms with Gasteiger partial charge in [-0.15, -0.1) is 11.8 Å². The Labute approximate surface area is 143 Å². The first kappa shape index (κ1) is 17.6. The van der Waals surface area contributed by atoms with Crippen molar-refractivity contribution in [2.45, 2.75) is 24.9 Å². The molecule has 0 aliphatic heterocycles. The Morgan fingerprint density at radius 3 is 2.35 bits per heavy atom. The molecule has 0 heterocycles. The van der Waals surface area contributed by atoms with Gasteiger partial charge in [0, 0.05) is 17.0 Å². The number of rotatable bonds is 7. The lowest BCUT2D eigenvalue weighted by molar-refractivity contribution is -0.872. The number of nitrogens with one attached hydrogen (secondary N) is 2. The molecule has 2 N–H and O–H groups in total. The number of benzene rings is 2. The van der Waals surface area contributed by atoms with Crippen LogP contribution >= 0.6 is 11.8 Å². The smallest absolute Gasteiger partial charge is 0.230 e. The molecule has 0 radical (unpaired) electrons. The highest BCUT2D eigenvalue weighted by atomic mass is 32.2. The molecular formula is C19H25N2OS+. The lowest BCUT2D eigenvalue weighted by Crippen LogP contribution is -3.04. The van der Waals surface area contributed by atoms with Gasteiger partial charge in [0.2, 0.25) is 5.91 Å². The van der Waals surface area contributed by atoms with Crippen molar-refractivity contribution in [1.29, 1.82) is 0 Å². The fraction of sp³-hybridized carbons (Fsp3) is 0.316. The summed E-state index contributed by atoms with van der Waals surface area (Å²) in [6.07, 6.45) is 0. The van der Waals surface area contributed by atoms with E-state index in [2.05, 4.69) is 68.8 Å². The molecule has 0 saturated heterocycles. The third kappa shape index (κ3) is 6.08. The van der Waals surface area contributed by atoms with Crippen LogP contribution in [0.25, 0.3) is 0 Å². The molecule has 23 heavy (non-hydrogen) atoms. The zero-order chi connectivity index (χ0) is 16.7. The highest BCUT2D eigenvalue weighted by Crippen LogP contribution is 2.17. The summed E-state index contributed by atoms with van der Waals surface area (Å²) >= 11 is 1.57. The second-order valence-corrected chi connectivity index (χ2v) is 7.08. The fourth-order valence-corrected chi connectivity index (χ4v) is 3.04. The van der Waals surface area contributed by atoms with Crippen molar-refractivity contribution in [2.24, 2.45) is 0 Å². The second kappa shape index (κ2) is 8.75. The molecule has 3 nitrogen and oxygen atoms in total. The Morgan fingerprint density at radius 1 is 1.04 bits per heavy atom. The van der Waals surface area contributed by atoms with Crippen LogP contribution in [0.4, 0.5) is 0 Å². The molecule has 0 aromatic heterocycles. The Hall–Kier alpha value is -1.78. The number of hydrogen-bond donors (Lipinski definition) is 2. The van der Waals surface area contributed by atoms with E-state index in [-0.39, 0.29) is 5.91 Å². The number of amides is 1. The summed E-state index contributed by atoms with van der Waals surface area (Å²) in [7, 11) is 4.27. The van der Waals surface area contributed by atoms with Crippen molar-refractivity contribution >= 4 is 17.7 Å². The second-order valence-electron chi connectivity index (χ2n) is 6.03. The van der Waals surface area contributed by atoms with Crippen molar-refractivity contribution in [3.8, 4) is 0 Å². The van der Waals surface area contributed by atoms with Crippen LogP contribution in [0.2, 0.25) is 0 Å². The van der Waals surface area contributed by atoms with Gasteiger partial charge >= 0.3 is 0 Å². The van der Waals surface area contributed by atoms with Gasteiger partial charge in [-0.1, -0.05) is 42.0 Å². The van der Waals surface area contributed by atoms with Gasteiger partial charge in [-0.3, -0.25) is 4.79 Å². The predicted octanol–water partition coefficient (Wildman–Crippen LogP) is 2.05. The van der Waals surface area contributed by atoms with E-state index in [1.807, 2.05) is 6.07 Å². The molecule has 2 aromatic carbocycles. The summed E-state index contributed by atoms with van der Waals surface area (Å²) in [4.78, 5) is 14.6. The van der Waals surface area contributed by atoms with Crippen LogP contribution in [0.15, 0.2) is 53.4 Å². The minimum absolute atomic E-state index is 0.0718. The lowest BCUT2D eigenvalue weighted by atomic mass is 10.1. The maximum Gasteiger partial charge on any atom is 0.230 e. The van der Waals surface area contributed by atoms with Gasteiger partial charge in [0.05, 0.1) is 19.8 Å². The van der Waals surface area contributed by atoms with Gasteiger partial charge in [0.25, 0.3) is 0 Å². The molecule has 2 rings (SSSR count). The monoisotopic (exact) mass is 329 g/mol. The minimum atomic E-state index is 0.0718. The molecule has 0 aliphatic carbocycles. The predicted molar refractivity (Wildman–Crippen MR) is 96.7 cm³/mol. The average Bonchev–Trinajstić information content (AvgIpc) is 2.53. The van der Waals surface area contributed by atoms with Gasteiger partial charge < -0.3 is 10.2 Å². The summed E-state index contributed by atoms with van der Waals surface area (Å²) in [5.41, 5.74) is 3.72. The number of carbonyl (C=O) groups excluding carboxylic acids is 1. The van der Waals surface area contributed by atoms with Crippen molar-refractivity contribution in [1.82, 2.24) is 5.32 Å². The molecule has 122 valence electrons. The number of carbonyl (C=O) groups is 1. The van der Waals surface area contributed by atoms with Crippen LogP contribution in [-0.2, 0) is 17.9 Å². The van der Waals surface area contributed by atoms with Crippen molar-refractivity contribution in [3.05, 3.63) is 65.2 Å². The van der Waals surface area contributed by atoms with E-state index in [9.17, 15) is 4.79 Å². The Balaban J connectivity index is 1.83. The standard InChI is InChI=1S/C19H24N2OS/c1-15-8-10-18(11-9-15)23-14-19(22)20-12-16-6-4-5-7-17(16)13-21(2)3/h4-11H,12-14H2,1-3H3,(H,20,22)/p+1. The molecule has 0 saturated carbocycles. The van der Waals surface area contributed by atoms with Crippen LogP contribution in [0.1, 0.15) is 16.7 Å². The summed E-state index contributed by atoms with van der Waals surface area (Å²) in [5, 5.41) is 3.03. The first-order chi connectivity index (χ1) is 11.0. The molecule has 0 unspecified atom stereocenters. The molecule has 0 spiro atoms. The maximum atomic E-state index is 12.1. The number of thioether (sulfide) groups is 1. The summed E-state index contributed by atoms with van der Waals surface area (Å²) in [6.45, 7) is 3.62. The van der Waals surface area contributed by atoms with Crippen LogP contribution < -0.4 is 10.2 Å². The van der Waals surface area contributed by atoms with Crippen molar-refractivity contribution < 1.29 is 9.69 Å². The quantitative estimate of drug-likeness (QED) is 0.762. The molecular weight excluding hydrogens is 304 g/mol. The molecule has 0 bridgehead atoms. The van der Waals surface area contributed by atoms with Crippen LogP contribution in [0.3, 0.4) is 0 Å². The van der Waals surface area contributed by atoms with Crippen LogP contribution in [-0.4, -0.2) is 25.8 Å². The van der Waals surface area contributed by atoms with Gasteiger partial charge in [-0.25, -0.2) is 0 Å². The molecule has 1 amide bonds. The maximum absolute atomic E-state index is 12.1. The van der Waals surface area contributed by atoms with Gasteiger partial charge in [0.1, 0.15) is 6.54 Å². The number of aryl methyl sites for hydroxylation is 1. The highest BCUT2D eigenvalue weighted by Gasteiger charge is 2.07. The average molecular weight is 329 g/mol. The largest absolute Gasteiger partial charge is 0.351 e. The summed E-state index contributed by atoms with van der Waals surface area (Å²) in [5.74, 6) is 0.520. The van der Waals surface area contributed by atoms with Crippen molar-refractivity contribution in [2.75, 3.05) is 19.8 Å².